The third kappa shape index (κ3) is 4.39. The van der Waals surface area contributed by atoms with Crippen LogP contribution in [0.5, 0.6) is 11.5 Å². The fraction of sp³-hybridized carbons (Fsp3) is 0.381. The van der Waals surface area contributed by atoms with Gasteiger partial charge in [-0.05, 0) is 55.2 Å². The molecule has 0 saturated carbocycles. The molecule has 0 aromatic heterocycles. The molecular weight excluding hydrogens is 362 g/mol. The quantitative estimate of drug-likeness (QED) is 0.781. The summed E-state index contributed by atoms with van der Waals surface area (Å²) < 4.78 is 11.6. The van der Waals surface area contributed by atoms with Crippen LogP contribution in [0.2, 0.25) is 0 Å². The van der Waals surface area contributed by atoms with Gasteiger partial charge in [0.1, 0.15) is 12.6 Å². The lowest BCUT2D eigenvalue weighted by Crippen LogP contribution is -2.33. The van der Waals surface area contributed by atoms with E-state index in [9.17, 15) is 4.79 Å². The van der Waals surface area contributed by atoms with Crippen LogP contribution in [0.3, 0.4) is 0 Å². The lowest BCUT2D eigenvalue weighted by Gasteiger charge is -2.17. The topological polar surface area (TPSA) is 67.8 Å². The largest absolute Gasteiger partial charge is 0.493 e. The molecule has 1 aliphatic heterocycles. The molecule has 1 saturated heterocycles. The molecular formula is C21H25NO4S. The van der Waals surface area contributed by atoms with E-state index in [1.165, 1.54) is 22.3 Å². The van der Waals surface area contributed by atoms with Gasteiger partial charge in [0.15, 0.2) is 11.5 Å². The highest BCUT2D eigenvalue weighted by Crippen LogP contribution is 2.37. The molecule has 1 aliphatic rings. The molecule has 0 amide bonds. The van der Waals surface area contributed by atoms with Gasteiger partial charge in [-0.2, -0.15) is 0 Å². The van der Waals surface area contributed by atoms with Gasteiger partial charge >= 0.3 is 5.97 Å². The molecule has 5 nitrogen and oxygen atoms in total. The Kier molecular flexibility index (Phi) is 5.97. The Morgan fingerprint density at radius 1 is 1.19 bits per heavy atom. The number of carbonyl (C=O) groups is 1. The highest BCUT2D eigenvalue weighted by Gasteiger charge is 2.30. The van der Waals surface area contributed by atoms with E-state index >= 15 is 0 Å². The van der Waals surface area contributed by atoms with E-state index in [4.69, 9.17) is 14.6 Å². The second-order valence-corrected chi connectivity index (χ2v) is 7.99. The lowest BCUT2D eigenvalue weighted by atomic mass is 10.0. The van der Waals surface area contributed by atoms with Crippen molar-refractivity contribution in [3.63, 3.8) is 0 Å². The van der Waals surface area contributed by atoms with Gasteiger partial charge in [-0.1, -0.05) is 23.8 Å². The van der Waals surface area contributed by atoms with Gasteiger partial charge in [0, 0.05) is 5.75 Å². The molecule has 0 spiro atoms. The number of methoxy groups -OCH3 is 1. The number of ether oxygens (including phenoxy) is 2. The van der Waals surface area contributed by atoms with Crippen LogP contribution >= 0.6 is 11.8 Å². The minimum Gasteiger partial charge on any atom is -0.493 e. The Morgan fingerprint density at radius 3 is 2.48 bits per heavy atom. The van der Waals surface area contributed by atoms with Crippen molar-refractivity contribution in [2.24, 2.45) is 0 Å². The van der Waals surface area contributed by atoms with E-state index < -0.39 is 12.0 Å². The maximum absolute atomic E-state index is 11.1. The number of rotatable bonds is 6. The van der Waals surface area contributed by atoms with Crippen molar-refractivity contribution in [3.8, 4) is 11.5 Å². The summed E-state index contributed by atoms with van der Waals surface area (Å²) in [6.45, 7) is 6.77. The number of aryl methyl sites for hydroxylation is 3. The van der Waals surface area contributed by atoms with Crippen LogP contribution in [0.4, 0.5) is 0 Å². The summed E-state index contributed by atoms with van der Waals surface area (Å²) in [4.78, 5) is 11.1. The first-order valence-electron chi connectivity index (χ1n) is 8.87. The number of aliphatic carboxylic acids is 1. The zero-order valence-electron chi connectivity index (χ0n) is 16.0. The molecule has 2 aromatic carbocycles. The Balaban J connectivity index is 1.75. The minimum atomic E-state index is -0.819. The zero-order chi connectivity index (χ0) is 19.6. The maximum Gasteiger partial charge on any atom is 0.321 e. The summed E-state index contributed by atoms with van der Waals surface area (Å²) in [5, 5.41) is 12.2. The molecule has 2 aromatic rings. The van der Waals surface area contributed by atoms with E-state index in [1.807, 2.05) is 18.2 Å². The van der Waals surface area contributed by atoms with Gasteiger partial charge < -0.3 is 14.6 Å². The summed E-state index contributed by atoms with van der Waals surface area (Å²) in [6, 6.07) is 9.57. The summed E-state index contributed by atoms with van der Waals surface area (Å²) in [5.41, 5.74) is 5.85. The van der Waals surface area contributed by atoms with Gasteiger partial charge in [-0.3, -0.25) is 10.1 Å². The average molecular weight is 388 g/mol. The average Bonchev–Trinajstić information content (AvgIpc) is 3.11. The van der Waals surface area contributed by atoms with E-state index in [0.29, 0.717) is 23.9 Å². The molecule has 1 heterocycles. The van der Waals surface area contributed by atoms with Crippen LogP contribution in [0, 0.1) is 20.8 Å². The van der Waals surface area contributed by atoms with Crippen molar-refractivity contribution < 1.29 is 19.4 Å². The Bertz CT molecular complexity index is 829. The molecule has 2 atom stereocenters. The zero-order valence-corrected chi connectivity index (χ0v) is 16.9. The van der Waals surface area contributed by atoms with E-state index in [-0.39, 0.29) is 5.37 Å². The number of hydrogen-bond donors (Lipinski definition) is 2. The molecule has 1 fully saturated rings. The summed E-state index contributed by atoms with van der Waals surface area (Å²) in [6.07, 6.45) is 0. The fourth-order valence-electron chi connectivity index (χ4n) is 3.36. The second kappa shape index (κ2) is 8.23. The summed E-state index contributed by atoms with van der Waals surface area (Å²) >= 11 is 1.58. The standard InChI is InChI=1S/C21H25NO4S/c1-12-7-13(2)16(14(3)8-12)10-26-18-6-5-15(9-19(18)25-4)20-22-17(11-27-20)21(23)24/h5-9,17,20,22H,10-11H2,1-4H3,(H,23,24)/t17-,20-/m0/s1. The third-order valence-electron chi connectivity index (χ3n) is 4.78. The SMILES string of the molecule is COc1cc([C@H]2N[C@H](C(=O)O)CS2)ccc1OCc1c(C)cc(C)cc1C. The van der Waals surface area contributed by atoms with Gasteiger partial charge in [0.05, 0.1) is 12.5 Å². The van der Waals surface area contributed by atoms with Gasteiger partial charge in [-0.25, -0.2) is 0 Å². The van der Waals surface area contributed by atoms with Crippen LogP contribution in [-0.4, -0.2) is 30.0 Å². The Hall–Kier alpha value is -2.18. The second-order valence-electron chi connectivity index (χ2n) is 6.85. The smallest absolute Gasteiger partial charge is 0.321 e. The molecule has 0 radical (unpaired) electrons. The number of thioether (sulfide) groups is 1. The first kappa shape index (κ1) is 19.6. The van der Waals surface area contributed by atoms with E-state index in [0.717, 1.165) is 5.56 Å². The molecule has 0 bridgehead atoms. The van der Waals surface area contributed by atoms with Crippen molar-refractivity contribution in [1.29, 1.82) is 0 Å². The summed E-state index contributed by atoms with van der Waals surface area (Å²) in [5.74, 6) is 1.06. The van der Waals surface area contributed by atoms with Crippen molar-refractivity contribution in [2.45, 2.75) is 38.8 Å². The first-order chi connectivity index (χ1) is 12.9. The Morgan fingerprint density at radius 2 is 1.89 bits per heavy atom. The number of hydrogen-bond acceptors (Lipinski definition) is 5. The molecule has 0 unspecified atom stereocenters. The normalized spacial score (nSPS) is 19.1. The van der Waals surface area contributed by atoms with Gasteiger partial charge in [0.2, 0.25) is 0 Å². The monoisotopic (exact) mass is 387 g/mol. The molecule has 2 N–H and O–H groups in total. The molecule has 6 heteroatoms. The molecule has 27 heavy (non-hydrogen) atoms. The number of carboxylic acids is 1. The van der Waals surface area contributed by atoms with E-state index in [1.54, 1.807) is 18.9 Å². The number of carboxylic acid groups (broad SMARTS) is 1. The van der Waals surface area contributed by atoms with Crippen LogP contribution in [0.15, 0.2) is 30.3 Å². The van der Waals surface area contributed by atoms with Crippen LogP contribution in [-0.2, 0) is 11.4 Å². The lowest BCUT2D eigenvalue weighted by molar-refractivity contribution is -0.138. The highest BCUT2D eigenvalue weighted by molar-refractivity contribution is 7.99. The predicted octanol–water partition coefficient (Wildman–Crippen LogP) is 3.99. The van der Waals surface area contributed by atoms with Crippen LogP contribution in [0.25, 0.3) is 0 Å². The number of benzene rings is 2. The van der Waals surface area contributed by atoms with Crippen LogP contribution < -0.4 is 14.8 Å². The molecule has 0 aliphatic carbocycles. The fourth-order valence-corrected chi connectivity index (χ4v) is 4.58. The molecule has 144 valence electrons. The van der Waals surface area contributed by atoms with Crippen molar-refractivity contribution in [3.05, 3.63) is 58.1 Å². The van der Waals surface area contributed by atoms with E-state index in [2.05, 4.69) is 38.2 Å². The van der Waals surface area contributed by atoms with Crippen LogP contribution in [0.1, 0.15) is 33.2 Å². The Labute approximate surface area is 164 Å². The summed E-state index contributed by atoms with van der Waals surface area (Å²) in [7, 11) is 1.61. The third-order valence-corrected chi connectivity index (χ3v) is 6.05. The first-order valence-corrected chi connectivity index (χ1v) is 9.92. The predicted molar refractivity (Wildman–Crippen MR) is 108 cm³/mol. The van der Waals surface area contributed by atoms with Gasteiger partial charge in [0.25, 0.3) is 0 Å². The van der Waals surface area contributed by atoms with Crippen molar-refractivity contribution in [1.82, 2.24) is 5.32 Å². The molecule has 3 rings (SSSR count). The maximum atomic E-state index is 11.1. The highest BCUT2D eigenvalue weighted by atomic mass is 32.2. The van der Waals surface area contributed by atoms with Gasteiger partial charge in [-0.15, -0.1) is 11.8 Å². The minimum absolute atomic E-state index is 0.0596. The van der Waals surface area contributed by atoms with Crippen molar-refractivity contribution >= 4 is 17.7 Å². The number of nitrogens with one attached hydrogen (secondary N) is 1. The van der Waals surface area contributed by atoms with Crippen molar-refractivity contribution in [2.75, 3.05) is 12.9 Å².